The highest BCUT2D eigenvalue weighted by atomic mass is 31.2. The van der Waals surface area contributed by atoms with Gasteiger partial charge in [0.05, 0.1) is 27.7 Å². The molecule has 2 unspecified atom stereocenters. The van der Waals surface area contributed by atoms with Crippen molar-refractivity contribution in [3.05, 3.63) is 48.6 Å². The van der Waals surface area contributed by atoms with Gasteiger partial charge in [0.2, 0.25) is 0 Å². The highest BCUT2D eigenvalue weighted by Crippen LogP contribution is 2.38. The SMILES string of the molecule is CC/C=C\C/C=C\C/C=C\C/C=C\CCCCCCCCC(=O)OC(COC(C)=O)COP(=O)([O-])OCC[N+](C)(C)C. The lowest BCUT2D eigenvalue weighted by molar-refractivity contribution is -0.870. The highest BCUT2D eigenvalue weighted by Gasteiger charge is 2.21. The van der Waals surface area contributed by atoms with Gasteiger partial charge in [-0.3, -0.25) is 14.2 Å². The predicted molar refractivity (Wildman–Crippen MR) is 167 cm³/mol. The topological polar surface area (TPSA) is 111 Å². The molecule has 10 heteroatoms. The molecule has 0 fully saturated rings. The molecule has 242 valence electrons. The number of allylic oxidation sites excluding steroid dienone is 8. The lowest BCUT2D eigenvalue weighted by Gasteiger charge is -2.28. The molecule has 0 aliphatic carbocycles. The van der Waals surface area contributed by atoms with Crippen molar-refractivity contribution in [2.45, 2.75) is 97.0 Å². The van der Waals surface area contributed by atoms with Gasteiger partial charge in [-0.2, -0.15) is 0 Å². The van der Waals surface area contributed by atoms with Crippen LogP contribution in [0.4, 0.5) is 0 Å². The second-order valence-corrected chi connectivity index (χ2v) is 12.6. The van der Waals surface area contributed by atoms with Gasteiger partial charge < -0.3 is 27.9 Å². The second kappa shape index (κ2) is 25.5. The molecular weight excluding hydrogens is 557 g/mol. The van der Waals surface area contributed by atoms with Crippen molar-refractivity contribution < 1.29 is 42.1 Å². The Morgan fingerprint density at radius 3 is 1.90 bits per heavy atom. The summed E-state index contributed by atoms with van der Waals surface area (Å²) in [6, 6.07) is 0. The zero-order valence-corrected chi connectivity index (χ0v) is 27.6. The summed E-state index contributed by atoms with van der Waals surface area (Å²) in [5, 5.41) is 0. The Kier molecular flexibility index (Phi) is 24.2. The second-order valence-electron chi connectivity index (χ2n) is 11.2. The van der Waals surface area contributed by atoms with Crippen LogP contribution in [0.2, 0.25) is 0 Å². The Morgan fingerprint density at radius 1 is 0.786 bits per heavy atom. The number of phosphoric ester groups is 1. The number of hydrogen-bond donors (Lipinski definition) is 0. The van der Waals surface area contributed by atoms with Crippen LogP contribution >= 0.6 is 7.82 Å². The highest BCUT2D eigenvalue weighted by molar-refractivity contribution is 7.45. The van der Waals surface area contributed by atoms with Crippen LogP contribution in [0, 0.1) is 0 Å². The fraction of sp³-hybridized carbons (Fsp3) is 0.688. The zero-order valence-electron chi connectivity index (χ0n) is 26.7. The predicted octanol–water partition coefficient (Wildman–Crippen LogP) is 6.60. The van der Waals surface area contributed by atoms with Crippen LogP contribution < -0.4 is 4.89 Å². The van der Waals surface area contributed by atoms with E-state index in [-0.39, 0.29) is 19.6 Å². The Balaban J connectivity index is 4.03. The quantitative estimate of drug-likeness (QED) is 0.0353. The van der Waals surface area contributed by atoms with Crippen LogP contribution in [0.5, 0.6) is 0 Å². The monoisotopic (exact) mass is 613 g/mol. The standard InChI is InChI=1S/C32H56NO8P/c1-6-7-8-9-10-11-12-13-14-15-16-17-18-19-20-21-22-23-24-25-32(35)41-31(28-38-30(2)34)29-40-42(36,37)39-27-26-33(3,4)5/h7-8,10-11,13-14,16-17,31H,6,9,12,15,18-29H2,1-5H3/b8-7-,11-10-,14-13-,17-16-. The number of likely N-dealkylation sites (N-methyl/N-ethyl adjacent to an activating group) is 1. The van der Waals surface area contributed by atoms with Crippen LogP contribution in [0.25, 0.3) is 0 Å². The van der Waals surface area contributed by atoms with Gasteiger partial charge in [0.1, 0.15) is 19.8 Å². The lowest BCUT2D eigenvalue weighted by Crippen LogP contribution is -2.37. The minimum Gasteiger partial charge on any atom is -0.756 e. The Hall–Kier alpha value is -2.03. The maximum absolute atomic E-state index is 12.3. The normalized spacial score (nSPS) is 14.7. The third-order valence-corrected chi connectivity index (χ3v) is 6.89. The maximum atomic E-state index is 12.3. The van der Waals surface area contributed by atoms with Crippen LogP contribution in [0.3, 0.4) is 0 Å². The van der Waals surface area contributed by atoms with Gasteiger partial charge in [0, 0.05) is 13.3 Å². The summed E-state index contributed by atoms with van der Waals surface area (Å²) in [6.07, 6.45) is 27.9. The molecule has 9 nitrogen and oxygen atoms in total. The van der Waals surface area contributed by atoms with E-state index in [0.717, 1.165) is 64.2 Å². The number of nitrogens with zero attached hydrogens (tertiary/aromatic N) is 1. The van der Waals surface area contributed by atoms with Crippen molar-refractivity contribution in [3.63, 3.8) is 0 Å². The number of quaternary nitrogens is 1. The van der Waals surface area contributed by atoms with E-state index in [1.54, 1.807) is 0 Å². The van der Waals surface area contributed by atoms with E-state index >= 15 is 0 Å². The lowest BCUT2D eigenvalue weighted by atomic mass is 10.1. The zero-order chi connectivity index (χ0) is 31.5. The van der Waals surface area contributed by atoms with E-state index in [0.29, 0.717) is 17.4 Å². The Morgan fingerprint density at radius 2 is 1.33 bits per heavy atom. The minimum absolute atomic E-state index is 0.0386. The summed E-state index contributed by atoms with van der Waals surface area (Å²) in [6.45, 7) is 3.01. The molecule has 0 saturated carbocycles. The van der Waals surface area contributed by atoms with Gasteiger partial charge in [-0.05, 0) is 44.9 Å². The minimum atomic E-state index is -4.58. The van der Waals surface area contributed by atoms with E-state index in [1.165, 1.54) is 6.92 Å². The molecular formula is C32H56NO8P. The average molecular weight is 614 g/mol. The fourth-order valence-electron chi connectivity index (χ4n) is 3.55. The third kappa shape index (κ3) is 29.5. The first kappa shape index (κ1) is 40.0. The average Bonchev–Trinajstić information content (AvgIpc) is 2.90. The van der Waals surface area contributed by atoms with Crippen LogP contribution in [0.1, 0.15) is 90.9 Å². The number of rotatable bonds is 26. The number of hydrogen-bond acceptors (Lipinski definition) is 8. The molecule has 0 rings (SSSR count). The molecule has 0 N–H and O–H groups in total. The molecule has 0 bridgehead atoms. The largest absolute Gasteiger partial charge is 0.756 e. The van der Waals surface area contributed by atoms with Crippen molar-refractivity contribution >= 4 is 19.8 Å². The molecule has 0 aliphatic heterocycles. The molecule has 0 amide bonds. The molecule has 0 aromatic heterocycles. The first-order valence-corrected chi connectivity index (χ1v) is 16.7. The molecule has 0 aromatic carbocycles. The summed E-state index contributed by atoms with van der Waals surface area (Å²) >= 11 is 0. The first-order chi connectivity index (χ1) is 19.9. The number of ether oxygens (including phenoxy) is 2. The van der Waals surface area contributed by atoms with E-state index in [9.17, 15) is 19.0 Å². The van der Waals surface area contributed by atoms with Crippen molar-refractivity contribution in [2.75, 3.05) is 47.5 Å². The summed E-state index contributed by atoms with van der Waals surface area (Å²) in [4.78, 5) is 35.5. The van der Waals surface area contributed by atoms with Crippen LogP contribution in [-0.2, 0) is 32.7 Å². The van der Waals surface area contributed by atoms with Gasteiger partial charge >= 0.3 is 11.9 Å². The molecule has 0 saturated heterocycles. The summed E-state index contributed by atoms with van der Waals surface area (Å²) in [7, 11) is 1.13. The molecule has 0 aliphatic rings. The Labute approximate surface area is 254 Å². The number of unbranched alkanes of at least 4 members (excludes halogenated alkanes) is 6. The van der Waals surface area contributed by atoms with Crippen molar-refractivity contribution in [3.8, 4) is 0 Å². The molecule has 2 atom stereocenters. The summed E-state index contributed by atoms with van der Waals surface area (Å²) in [5.74, 6) is -1.05. The van der Waals surface area contributed by atoms with Gasteiger partial charge in [-0.1, -0.05) is 81.2 Å². The third-order valence-electron chi connectivity index (χ3n) is 5.92. The van der Waals surface area contributed by atoms with E-state index in [2.05, 4.69) is 55.5 Å². The number of carbonyl (C=O) groups is 2. The fourth-order valence-corrected chi connectivity index (χ4v) is 4.27. The smallest absolute Gasteiger partial charge is 0.306 e. The van der Waals surface area contributed by atoms with Gasteiger partial charge in [0.15, 0.2) is 6.10 Å². The molecule has 42 heavy (non-hydrogen) atoms. The Bertz CT molecular complexity index is 876. The number of carbonyl (C=O) groups excluding carboxylic acids is 2. The molecule has 0 spiro atoms. The summed E-state index contributed by atoms with van der Waals surface area (Å²) in [5.41, 5.74) is 0. The summed E-state index contributed by atoms with van der Waals surface area (Å²) < 4.78 is 32.5. The van der Waals surface area contributed by atoms with Gasteiger partial charge in [0.25, 0.3) is 7.82 Å². The van der Waals surface area contributed by atoms with E-state index in [1.807, 2.05) is 21.1 Å². The molecule has 0 radical (unpaired) electrons. The number of esters is 2. The molecule has 0 heterocycles. The van der Waals surface area contributed by atoms with Crippen molar-refractivity contribution in [1.82, 2.24) is 0 Å². The van der Waals surface area contributed by atoms with E-state index in [4.69, 9.17) is 18.5 Å². The van der Waals surface area contributed by atoms with Crippen LogP contribution in [0.15, 0.2) is 48.6 Å². The number of phosphoric acid groups is 1. The van der Waals surface area contributed by atoms with Crippen molar-refractivity contribution in [2.24, 2.45) is 0 Å². The van der Waals surface area contributed by atoms with Gasteiger partial charge in [-0.25, -0.2) is 0 Å². The van der Waals surface area contributed by atoms with Crippen LogP contribution in [-0.4, -0.2) is 70.0 Å². The maximum Gasteiger partial charge on any atom is 0.306 e. The first-order valence-electron chi connectivity index (χ1n) is 15.3. The molecule has 0 aromatic rings. The van der Waals surface area contributed by atoms with Gasteiger partial charge in [-0.15, -0.1) is 0 Å². The van der Waals surface area contributed by atoms with Crippen molar-refractivity contribution in [1.29, 1.82) is 0 Å². The van der Waals surface area contributed by atoms with E-state index < -0.39 is 32.5 Å².